The van der Waals surface area contributed by atoms with Crippen molar-refractivity contribution in [2.24, 2.45) is 5.41 Å². The number of carbonyl (C=O) groups is 2. The molecule has 0 bridgehead atoms. The van der Waals surface area contributed by atoms with E-state index in [1.54, 1.807) is 6.92 Å². The van der Waals surface area contributed by atoms with Crippen LogP contribution in [0.4, 0.5) is 0 Å². The average Bonchev–Trinajstić information content (AvgIpc) is 3.19. The Morgan fingerprint density at radius 2 is 1.64 bits per heavy atom. The molecule has 2 aliphatic rings. The van der Waals surface area contributed by atoms with Crippen LogP contribution in [0.15, 0.2) is 29.2 Å². The highest BCUT2D eigenvalue weighted by atomic mass is 35.5. The van der Waals surface area contributed by atoms with Crippen LogP contribution in [0, 0.1) is 5.41 Å². The van der Waals surface area contributed by atoms with Crippen molar-refractivity contribution in [3.8, 4) is 0 Å². The van der Waals surface area contributed by atoms with Gasteiger partial charge in [0, 0.05) is 37.6 Å². The Balaban J connectivity index is 1.51. The fourth-order valence-electron chi connectivity index (χ4n) is 2.93. The maximum absolute atomic E-state index is 12.7. The molecule has 1 amide bonds. The van der Waals surface area contributed by atoms with E-state index >= 15 is 0 Å². The molecule has 0 aromatic heterocycles. The van der Waals surface area contributed by atoms with Gasteiger partial charge in [-0.3, -0.25) is 9.59 Å². The molecule has 7 nitrogen and oxygen atoms in total. The van der Waals surface area contributed by atoms with E-state index in [0.717, 1.165) is 0 Å². The number of sulfonamides is 1. The van der Waals surface area contributed by atoms with E-state index in [4.69, 9.17) is 39.5 Å². The summed E-state index contributed by atoms with van der Waals surface area (Å²) in [4.78, 5) is 25.9. The summed E-state index contributed by atoms with van der Waals surface area (Å²) in [6, 6.07) is 5.92. The summed E-state index contributed by atoms with van der Waals surface area (Å²) in [5.41, 5.74) is -0.998. The minimum atomic E-state index is -3.66. The van der Waals surface area contributed by atoms with Crippen molar-refractivity contribution in [1.82, 2.24) is 9.21 Å². The van der Waals surface area contributed by atoms with Crippen molar-refractivity contribution < 1.29 is 22.7 Å². The minimum Gasteiger partial charge on any atom is -0.455 e. The number of nitrogens with zero attached hydrogens (tertiary/aromatic N) is 2. The van der Waals surface area contributed by atoms with Crippen molar-refractivity contribution >= 4 is 56.7 Å². The van der Waals surface area contributed by atoms with Crippen molar-refractivity contribution in [2.75, 3.05) is 32.8 Å². The highest BCUT2D eigenvalue weighted by molar-refractivity contribution is 7.89. The second-order valence-corrected chi connectivity index (χ2v) is 10.9. The molecule has 1 aliphatic carbocycles. The quantitative estimate of drug-likeness (QED) is 0.488. The van der Waals surface area contributed by atoms with Gasteiger partial charge in [0.15, 0.2) is 6.61 Å². The molecule has 1 heterocycles. The predicted molar refractivity (Wildman–Crippen MR) is 105 cm³/mol. The molecule has 28 heavy (non-hydrogen) atoms. The van der Waals surface area contributed by atoms with Crippen LogP contribution in [-0.4, -0.2) is 66.6 Å². The molecule has 2 fully saturated rings. The number of hydrogen-bond donors (Lipinski definition) is 0. The molecule has 11 heteroatoms. The Morgan fingerprint density at radius 1 is 1.11 bits per heavy atom. The van der Waals surface area contributed by atoms with Gasteiger partial charge in [-0.25, -0.2) is 8.42 Å². The summed E-state index contributed by atoms with van der Waals surface area (Å²) in [5.74, 6) is -1.01. The Bertz CT molecular complexity index is 883. The molecule has 0 N–H and O–H groups in total. The third-order valence-electron chi connectivity index (χ3n) is 5.08. The van der Waals surface area contributed by atoms with Gasteiger partial charge in [-0.2, -0.15) is 4.31 Å². The summed E-state index contributed by atoms with van der Waals surface area (Å²) >= 11 is 17.6. The van der Waals surface area contributed by atoms with Gasteiger partial charge in [0.1, 0.15) is 9.75 Å². The molecule has 1 atom stereocenters. The standard InChI is InChI=1S/C17H19Cl3N2O5S/c1-16(11-17(16,19)20)15(24)27-10-14(23)21-6-8-22(9-7-21)28(25,26)13-4-2-12(18)3-5-13/h2-5H,6-11H2,1H3/t16-/m0/s1. The van der Waals surface area contributed by atoms with Gasteiger partial charge in [-0.1, -0.05) is 11.6 Å². The van der Waals surface area contributed by atoms with E-state index < -0.39 is 38.3 Å². The Kier molecular flexibility index (Phi) is 5.91. The summed E-state index contributed by atoms with van der Waals surface area (Å²) in [7, 11) is -3.66. The minimum absolute atomic E-state index is 0.147. The molecule has 0 radical (unpaired) electrons. The summed E-state index contributed by atoms with van der Waals surface area (Å²) in [6.07, 6.45) is 0.275. The first-order valence-corrected chi connectivity index (χ1v) is 11.1. The lowest BCUT2D eigenvalue weighted by Crippen LogP contribution is -2.51. The number of ether oxygens (including phenoxy) is 1. The maximum Gasteiger partial charge on any atom is 0.315 e. The molecule has 0 unspecified atom stereocenters. The lowest BCUT2D eigenvalue weighted by molar-refractivity contribution is -0.156. The zero-order chi connectivity index (χ0) is 20.7. The van der Waals surface area contributed by atoms with E-state index in [-0.39, 0.29) is 37.5 Å². The van der Waals surface area contributed by atoms with Crippen LogP contribution < -0.4 is 0 Å². The second kappa shape index (κ2) is 7.65. The molecule has 3 rings (SSSR count). The highest BCUT2D eigenvalue weighted by Crippen LogP contribution is 2.64. The summed E-state index contributed by atoms with van der Waals surface area (Å²) < 4.78 is 30.5. The highest BCUT2D eigenvalue weighted by Gasteiger charge is 2.69. The molecule has 1 saturated carbocycles. The molecule has 0 spiro atoms. The van der Waals surface area contributed by atoms with E-state index in [2.05, 4.69) is 0 Å². The van der Waals surface area contributed by atoms with Gasteiger partial charge < -0.3 is 9.64 Å². The van der Waals surface area contributed by atoms with Crippen LogP contribution in [0.25, 0.3) is 0 Å². The van der Waals surface area contributed by atoms with Gasteiger partial charge in [-0.15, -0.1) is 23.2 Å². The smallest absolute Gasteiger partial charge is 0.315 e. The summed E-state index contributed by atoms with van der Waals surface area (Å²) in [5, 5.41) is 0.449. The number of piperazine rings is 1. The van der Waals surface area contributed by atoms with E-state index in [0.29, 0.717) is 5.02 Å². The normalized spacial score (nSPS) is 24.6. The number of alkyl halides is 2. The van der Waals surface area contributed by atoms with Crippen molar-refractivity contribution in [1.29, 1.82) is 0 Å². The number of halogens is 3. The third-order valence-corrected chi connectivity index (χ3v) is 8.34. The lowest BCUT2D eigenvalue weighted by atomic mass is 10.1. The van der Waals surface area contributed by atoms with E-state index in [1.165, 1.54) is 33.5 Å². The average molecular weight is 470 g/mol. The van der Waals surface area contributed by atoms with Crippen LogP contribution in [0.2, 0.25) is 5.02 Å². The van der Waals surface area contributed by atoms with Crippen LogP contribution in [-0.2, 0) is 24.3 Å². The van der Waals surface area contributed by atoms with Crippen LogP contribution >= 0.6 is 34.8 Å². The summed E-state index contributed by atoms with van der Waals surface area (Å²) in [6.45, 7) is 1.86. The molecule has 154 valence electrons. The molecule has 1 aromatic rings. The van der Waals surface area contributed by atoms with Gasteiger partial charge in [0.05, 0.1) is 4.90 Å². The Morgan fingerprint density at radius 3 is 2.14 bits per heavy atom. The number of hydrogen-bond acceptors (Lipinski definition) is 5. The number of amides is 1. The van der Waals surface area contributed by atoms with Gasteiger partial charge in [0.2, 0.25) is 10.0 Å². The zero-order valence-electron chi connectivity index (χ0n) is 15.0. The number of esters is 1. The topological polar surface area (TPSA) is 84.0 Å². The monoisotopic (exact) mass is 468 g/mol. The van der Waals surface area contributed by atoms with Crippen LogP contribution in [0.3, 0.4) is 0 Å². The molecular formula is C17H19Cl3N2O5S. The fourth-order valence-corrected chi connectivity index (χ4v) is 5.17. The first kappa shape index (κ1) is 21.6. The van der Waals surface area contributed by atoms with Crippen molar-refractivity contribution in [3.05, 3.63) is 29.3 Å². The molecule has 1 aliphatic heterocycles. The first-order chi connectivity index (χ1) is 13.0. The number of rotatable bonds is 5. The van der Waals surface area contributed by atoms with E-state index in [1.807, 2.05) is 0 Å². The van der Waals surface area contributed by atoms with Gasteiger partial charge in [0.25, 0.3) is 5.91 Å². The largest absolute Gasteiger partial charge is 0.455 e. The van der Waals surface area contributed by atoms with Gasteiger partial charge >= 0.3 is 5.97 Å². The Labute approximate surface area is 178 Å². The molecule has 1 saturated heterocycles. The van der Waals surface area contributed by atoms with Crippen molar-refractivity contribution in [3.63, 3.8) is 0 Å². The van der Waals surface area contributed by atoms with E-state index in [9.17, 15) is 18.0 Å². The lowest BCUT2D eigenvalue weighted by Gasteiger charge is -2.34. The van der Waals surface area contributed by atoms with Crippen LogP contribution in [0.5, 0.6) is 0 Å². The van der Waals surface area contributed by atoms with Gasteiger partial charge in [-0.05, 0) is 31.2 Å². The third kappa shape index (κ3) is 4.11. The maximum atomic E-state index is 12.7. The first-order valence-electron chi connectivity index (χ1n) is 8.56. The number of carbonyl (C=O) groups excluding carboxylic acids is 2. The Hall–Kier alpha value is -1.06. The SMILES string of the molecule is C[C@@]1(C(=O)OCC(=O)N2CCN(S(=O)(=O)c3ccc(Cl)cc3)CC2)CC1(Cl)Cl. The molecular weight excluding hydrogens is 451 g/mol. The zero-order valence-corrected chi connectivity index (χ0v) is 18.1. The fraction of sp³-hybridized carbons (Fsp3) is 0.529. The number of benzene rings is 1. The van der Waals surface area contributed by atoms with Crippen molar-refractivity contribution in [2.45, 2.75) is 22.6 Å². The predicted octanol–water partition coefficient (Wildman–Crippen LogP) is 2.30. The molecule has 1 aromatic carbocycles. The van der Waals surface area contributed by atoms with Crippen LogP contribution in [0.1, 0.15) is 13.3 Å². The second-order valence-electron chi connectivity index (χ2n) is 7.03.